The topological polar surface area (TPSA) is 105 Å². The standard InChI is InChI=1S/C24H23N5O2/c1-15-11-18(8-9-21(15)31-3)24(22(30)29(2)23(26)28-24)19-7-6-16(13-25)20(12-19)17-5-4-10-27-14-17/h4-7,9-12,14,18H,8H2,1-3H3,(H2,26,28). The molecule has 0 bridgehead atoms. The summed E-state index contributed by atoms with van der Waals surface area (Å²) >= 11 is 0. The first kappa shape index (κ1) is 20.4. The monoisotopic (exact) mass is 413 g/mol. The highest BCUT2D eigenvalue weighted by Crippen LogP contribution is 2.45. The van der Waals surface area contributed by atoms with Gasteiger partial charge in [0.05, 0.1) is 18.7 Å². The van der Waals surface area contributed by atoms with E-state index in [1.54, 1.807) is 38.7 Å². The Labute approximate surface area is 181 Å². The third-order valence-electron chi connectivity index (χ3n) is 5.97. The number of carbonyl (C=O) groups is 1. The lowest BCUT2D eigenvalue weighted by atomic mass is 9.73. The number of carbonyl (C=O) groups excluding carboxylic acids is 1. The van der Waals surface area contributed by atoms with Crippen LogP contribution < -0.4 is 5.73 Å². The van der Waals surface area contributed by atoms with Gasteiger partial charge in [-0.05, 0) is 48.8 Å². The predicted molar refractivity (Wildman–Crippen MR) is 117 cm³/mol. The van der Waals surface area contributed by atoms with E-state index in [1.807, 2.05) is 37.3 Å². The molecule has 7 heteroatoms. The molecule has 2 unspecified atom stereocenters. The molecular weight excluding hydrogens is 390 g/mol. The van der Waals surface area contributed by atoms with E-state index in [4.69, 9.17) is 15.5 Å². The zero-order valence-electron chi connectivity index (χ0n) is 17.7. The van der Waals surface area contributed by atoms with Crippen LogP contribution in [0, 0.1) is 17.2 Å². The molecule has 0 fully saturated rings. The lowest BCUT2D eigenvalue weighted by molar-refractivity contribution is -0.132. The molecule has 0 saturated carbocycles. The van der Waals surface area contributed by atoms with E-state index >= 15 is 0 Å². The zero-order valence-corrected chi connectivity index (χ0v) is 17.7. The van der Waals surface area contributed by atoms with Crippen molar-refractivity contribution in [3.05, 3.63) is 77.3 Å². The number of rotatable bonds is 4. The minimum absolute atomic E-state index is 0.171. The van der Waals surface area contributed by atoms with Gasteiger partial charge in [0.1, 0.15) is 5.76 Å². The lowest BCUT2D eigenvalue weighted by Gasteiger charge is -2.34. The van der Waals surface area contributed by atoms with Crippen molar-refractivity contribution < 1.29 is 9.53 Å². The number of hydrogen-bond acceptors (Lipinski definition) is 6. The summed E-state index contributed by atoms with van der Waals surface area (Å²) in [5, 5.41) is 9.65. The molecule has 1 aromatic carbocycles. The van der Waals surface area contributed by atoms with Crippen LogP contribution in [-0.2, 0) is 15.1 Å². The highest BCUT2D eigenvalue weighted by atomic mass is 16.5. The molecule has 1 aromatic heterocycles. The number of nitriles is 1. The maximum atomic E-state index is 13.6. The number of hydrogen-bond donors (Lipinski definition) is 1. The van der Waals surface area contributed by atoms with Crippen LogP contribution >= 0.6 is 0 Å². The van der Waals surface area contributed by atoms with Crippen LogP contribution in [0.5, 0.6) is 0 Å². The molecule has 4 rings (SSSR count). The van der Waals surface area contributed by atoms with Crippen LogP contribution in [0.25, 0.3) is 11.1 Å². The number of benzene rings is 1. The van der Waals surface area contributed by atoms with Crippen molar-refractivity contribution in [2.75, 3.05) is 14.2 Å². The highest BCUT2D eigenvalue weighted by Gasteiger charge is 2.53. The Kier molecular flexibility index (Phi) is 5.07. The Morgan fingerprint density at radius 3 is 2.74 bits per heavy atom. The van der Waals surface area contributed by atoms with Crippen molar-refractivity contribution in [2.24, 2.45) is 16.6 Å². The summed E-state index contributed by atoms with van der Waals surface area (Å²) in [6.07, 6.45) is 7.94. The summed E-state index contributed by atoms with van der Waals surface area (Å²) < 4.78 is 5.42. The highest BCUT2D eigenvalue weighted by molar-refractivity contribution is 6.07. The van der Waals surface area contributed by atoms with E-state index in [9.17, 15) is 10.1 Å². The van der Waals surface area contributed by atoms with Crippen molar-refractivity contribution >= 4 is 11.9 Å². The number of likely N-dealkylation sites (N-methyl/N-ethyl adjacent to an activating group) is 1. The quantitative estimate of drug-likeness (QED) is 0.829. The molecular formula is C24H23N5O2. The lowest BCUT2D eigenvalue weighted by Crippen LogP contribution is -2.44. The first-order valence-electron chi connectivity index (χ1n) is 9.93. The van der Waals surface area contributed by atoms with Crippen LogP contribution in [0.15, 0.2) is 71.2 Å². The fraction of sp³-hybridized carbons (Fsp3) is 0.250. The number of guanidine groups is 1. The molecule has 156 valence electrons. The van der Waals surface area contributed by atoms with E-state index in [0.29, 0.717) is 23.1 Å². The maximum absolute atomic E-state index is 13.6. The van der Waals surface area contributed by atoms with Gasteiger partial charge in [-0.25, -0.2) is 4.99 Å². The number of ether oxygens (including phenoxy) is 1. The Morgan fingerprint density at radius 2 is 2.16 bits per heavy atom. The van der Waals surface area contributed by atoms with Gasteiger partial charge < -0.3 is 10.5 Å². The fourth-order valence-corrected chi connectivity index (χ4v) is 4.33. The van der Waals surface area contributed by atoms with Crippen molar-refractivity contribution in [3.63, 3.8) is 0 Å². The smallest absolute Gasteiger partial charge is 0.262 e. The molecule has 7 nitrogen and oxygen atoms in total. The van der Waals surface area contributed by atoms with E-state index in [-0.39, 0.29) is 17.8 Å². The summed E-state index contributed by atoms with van der Waals surface area (Å²) in [4.78, 5) is 23.8. The summed E-state index contributed by atoms with van der Waals surface area (Å²) in [6.45, 7) is 1.95. The first-order valence-corrected chi connectivity index (χ1v) is 9.93. The average Bonchev–Trinajstić information content (AvgIpc) is 3.04. The van der Waals surface area contributed by atoms with Gasteiger partial charge in [-0.1, -0.05) is 18.2 Å². The zero-order chi connectivity index (χ0) is 22.2. The molecule has 0 spiro atoms. The van der Waals surface area contributed by atoms with E-state index < -0.39 is 5.54 Å². The van der Waals surface area contributed by atoms with E-state index in [2.05, 4.69) is 11.1 Å². The van der Waals surface area contributed by atoms with E-state index in [0.717, 1.165) is 16.9 Å². The second kappa shape index (κ2) is 7.73. The second-order valence-electron chi connectivity index (χ2n) is 7.68. The number of amides is 1. The molecule has 2 aromatic rings. The number of methoxy groups -OCH3 is 1. The SMILES string of the molecule is COC1=CCC(C2(c3ccc(C#N)c(-c4cccnc4)c3)N=C(N)N(C)C2=O)C=C1C. The van der Waals surface area contributed by atoms with Crippen LogP contribution in [0.2, 0.25) is 0 Å². The molecule has 1 amide bonds. The minimum Gasteiger partial charge on any atom is -0.497 e. The van der Waals surface area contributed by atoms with Crippen LogP contribution in [0.4, 0.5) is 0 Å². The third kappa shape index (κ3) is 3.17. The molecule has 2 heterocycles. The molecule has 31 heavy (non-hydrogen) atoms. The second-order valence-corrected chi connectivity index (χ2v) is 7.68. The first-order chi connectivity index (χ1) is 14.9. The van der Waals surface area contributed by atoms with Crippen LogP contribution in [-0.4, -0.2) is 35.9 Å². The van der Waals surface area contributed by atoms with Gasteiger partial charge in [-0.15, -0.1) is 0 Å². The van der Waals surface area contributed by atoms with Crippen LogP contribution in [0.3, 0.4) is 0 Å². The summed E-state index contributed by atoms with van der Waals surface area (Å²) in [5.74, 6) is 0.509. The molecule has 2 aliphatic rings. The number of allylic oxidation sites excluding steroid dienone is 2. The number of pyridine rings is 1. The van der Waals surface area contributed by atoms with Gasteiger partial charge in [0, 0.05) is 36.5 Å². The summed E-state index contributed by atoms with van der Waals surface area (Å²) in [7, 11) is 3.26. The van der Waals surface area contributed by atoms with Gasteiger partial charge in [0.2, 0.25) is 0 Å². The maximum Gasteiger partial charge on any atom is 0.262 e. The van der Waals surface area contributed by atoms with Crippen molar-refractivity contribution in [3.8, 4) is 17.2 Å². The number of aromatic nitrogens is 1. The van der Waals surface area contributed by atoms with Gasteiger partial charge in [-0.3, -0.25) is 14.7 Å². The van der Waals surface area contributed by atoms with Crippen molar-refractivity contribution in [1.29, 1.82) is 5.26 Å². The summed E-state index contributed by atoms with van der Waals surface area (Å²) in [5.41, 5.74) is 8.52. The Hall–Kier alpha value is -3.92. The average molecular weight is 413 g/mol. The summed E-state index contributed by atoms with van der Waals surface area (Å²) in [6, 6.07) is 11.3. The minimum atomic E-state index is -1.22. The molecule has 0 saturated heterocycles. The van der Waals surface area contributed by atoms with E-state index in [1.165, 1.54) is 4.90 Å². The largest absolute Gasteiger partial charge is 0.497 e. The fourth-order valence-electron chi connectivity index (χ4n) is 4.33. The van der Waals surface area contributed by atoms with Gasteiger partial charge in [0.25, 0.3) is 5.91 Å². The number of nitrogens with two attached hydrogens (primary N) is 1. The molecule has 2 N–H and O–H groups in total. The van der Waals surface area contributed by atoms with Gasteiger partial charge >= 0.3 is 0 Å². The van der Waals surface area contributed by atoms with Gasteiger partial charge in [0.15, 0.2) is 11.5 Å². The molecule has 1 aliphatic heterocycles. The third-order valence-corrected chi connectivity index (χ3v) is 5.97. The van der Waals surface area contributed by atoms with Gasteiger partial charge in [-0.2, -0.15) is 5.26 Å². The number of aliphatic imine (C=N–C) groups is 1. The molecule has 2 atom stereocenters. The molecule has 1 aliphatic carbocycles. The Bertz CT molecular complexity index is 1180. The molecule has 0 radical (unpaired) electrons. The Morgan fingerprint density at radius 1 is 1.35 bits per heavy atom. The van der Waals surface area contributed by atoms with Crippen LogP contribution in [0.1, 0.15) is 24.5 Å². The normalized spacial score (nSPS) is 23.0. The van der Waals surface area contributed by atoms with Crippen molar-refractivity contribution in [2.45, 2.75) is 18.9 Å². The Balaban J connectivity index is 1.92. The predicted octanol–water partition coefficient (Wildman–Crippen LogP) is 3.10. The number of nitrogens with zero attached hydrogens (tertiary/aromatic N) is 4. The van der Waals surface area contributed by atoms with Crippen molar-refractivity contribution in [1.82, 2.24) is 9.88 Å².